The Labute approximate surface area is 330 Å². The standard InChI is InChI=1S/C46H42N4O4.Pt/c1-45(2,3)31-11-7-9-27(17-31)33-15-13-29-19-35(33)39-23-53-43-44-50(26-49(39)43)40(24-54-44)36-20-30(14-16-34(36)28-10-8-12-32(18-28)46(4,5)6)38-22-52-42-41-47(25-48(38)42)37(29)21-51-41;/h7-18,37-40H,21-24H2,1-6H3;/q-2;. The van der Waals surface area contributed by atoms with Gasteiger partial charge in [-0.3, -0.25) is 0 Å². The molecule has 8 nitrogen and oxygen atoms in total. The molecular formula is C46H42N4O4Pt-2. The Morgan fingerprint density at radius 1 is 0.509 bits per heavy atom. The van der Waals surface area contributed by atoms with Gasteiger partial charge in [-0.05, 0) is 0 Å². The van der Waals surface area contributed by atoms with Gasteiger partial charge in [-0.2, -0.15) is 0 Å². The van der Waals surface area contributed by atoms with Crippen molar-refractivity contribution >= 4 is 8.29 Å². The fourth-order valence-electron chi connectivity index (χ4n) is 9.33. The summed E-state index contributed by atoms with van der Waals surface area (Å²) >= 11 is -0.849. The maximum atomic E-state index is 6.79. The van der Waals surface area contributed by atoms with E-state index in [-0.39, 0.29) is 35.0 Å². The summed E-state index contributed by atoms with van der Waals surface area (Å²) in [7, 11) is 0. The third-order valence-electron chi connectivity index (χ3n) is 12.3. The quantitative estimate of drug-likeness (QED) is 0.188. The molecule has 12 rings (SSSR count). The number of hydrogen-bond acceptors (Lipinski definition) is 8. The molecule has 8 aliphatic heterocycles. The van der Waals surface area contributed by atoms with Gasteiger partial charge >= 0.3 is 332 Å². The van der Waals surface area contributed by atoms with Crippen molar-refractivity contribution in [1.29, 1.82) is 0 Å². The van der Waals surface area contributed by atoms with E-state index >= 15 is 0 Å². The van der Waals surface area contributed by atoms with Crippen LogP contribution in [0, 0.1) is 12.1 Å². The Kier molecular flexibility index (Phi) is 6.45. The summed E-state index contributed by atoms with van der Waals surface area (Å²) in [5, 5.41) is 0. The third kappa shape index (κ3) is 4.43. The Balaban J connectivity index is 1.10. The van der Waals surface area contributed by atoms with Gasteiger partial charge in [0.1, 0.15) is 0 Å². The van der Waals surface area contributed by atoms with Gasteiger partial charge in [0.05, 0.1) is 0 Å². The van der Waals surface area contributed by atoms with Crippen LogP contribution in [-0.2, 0) is 47.4 Å². The molecule has 6 bridgehead atoms. The Morgan fingerprint density at radius 2 is 0.891 bits per heavy atom. The number of ether oxygens (including phenoxy) is 4. The average Bonchev–Trinajstić information content (AvgIpc) is 4.01. The van der Waals surface area contributed by atoms with Crippen molar-refractivity contribution in [1.82, 2.24) is 19.6 Å². The molecule has 0 aromatic heterocycles. The van der Waals surface area contributed by atoms with Crippen LogP contribution in [0.25, 0.3) is 22.3 Å². The zero-order valence-electron chi connectivity index (χ0n) is 31.8. The Morgan fingerprint density at radius 3 is 1.29 bits per heavy atom. The summed E-state index contributed by atoms with van der Waals surface area (Å²) in [5.41, 5.74) is 12.0. The maximum absolute atomic E-state index is 6.79. The van der Waals surface area contributed by atoms with Gasteiger partial charge in [-0.15, -0.1) is 0 Å². The molecular weight excluding hydrogens is 868 g/mol. The minimum absolute atomic E-state index is 0.0191. The number of hydrogen-bond donors (Lipinski definition) is 0. The first-order valence-electron chi connectivity index (χ1n) is 19.4. The number of fused-ring (bicyclic) bond motifs is 8. The van der Waals surface area contributed by atoms with E-state index in [4.69, 9.17) is 18.9 Å². The molecule has 8 aliphatic rings. The zero-order valence-corrected chi connectivity index (χ0v) is 34.1. The summed E-state index contributed by atoms with van der Waals surface area (Å²) < 4.78 is 29.4. The second kappa shape index (κ2) is 10.9. The van der Waals surface area contributed by atoms with Crippen molar-refractivity contribution in [3.63, 3.8) is 0 Å². The third-order valence-corrected chi connectivity index (χ3v) is 15.5. The van der Waals surface area contributed by atoms with Crippen molar-refractivity contribution in [3.05, 3.63) is 142 Å². The first-order valence-corrected chi connectivity index (χ1v) is 21.6. The van der Waals surface area contributed by atoms with Crippen molar-refractivity contribution < 1.29 is 36.6 Å². The predicted octanol–water partition coefficient (Wildman–Crippen LogP) is 7.97. The van der Waals surface area contributed by atoms with Crippen LogP contribution < -0.4 is 0 Å². The summed E-state index contributed by atoms with van der Waals surface area (Å²) in [5.74, 6) is 3.29. The molecule has 0 spiro atoms. The molecule has 0 N–H and O–H groups in total. The minimum atomic E-state index is -0.849. The van der Waals surface area contributed by atoms with Gasteiger partial charge in [-0.25, -0.2) is 0 Å². The van der Waals surface area contributed by atoms with Gasteiger partial charge in [-0.1, -0.05) is 0 Å². The van der Waals surface area contributed by atoms with E-state index in [1.165, 1.54) is 41.7 Å². The van der Waals surface area contributed by atoms with Crippen molar-refractivity contribution in [3.8, 4) is 22.3 Å². The molecule has 4 atom stereocenters. The summed E-state index contributed by atoms with van der Waals surface area (Å²) in [4.78, 5) is 9.82. The molecule has 4 unspecified atom stereocenters. The second-order valence-corrected chi connectivity index (χ2v) is 20.3. The topological polar surface area (TPSA) is 49.9 Å². The molecule has 9 heteroatoms. The monoisotopic (exact) mass is 909 g/mol. The SMILES string of the molecule is CC(C)(C)c1cccc(-c2ccc3[c-]c2C2COC4=C5OCC6c7[c-]c(ccc7-c7cccc(C(C)(C)C)c7)C7COC8=C9OCC3N9[C](=[Pt]=[C](N42)N56)N87)c1. The fraction of sp³-hybridized carbons (Fsp3) is 0.348. The summed E-state index contributed by atoms with van der Waals surface area (Å²) in [6, 6.07) is 35.1. The van der Waals surface area contributed by atoms with Crippen molar-refractivity contribution in [2.75, 3.05) is 26.4 Å². The molecule has 55 heavy (non-hydrogen) atoms. The molecule has 0 saturated carbocycles. The van der Waals surface area contributed by atoms with Gasteiger partial charge < -0.3 is 0 Å². The van der Waals surface area contributed by atoms with E-state index in [9.17, 15) is 0 Å². The first kappa shape index (κ1) is 32.4. The van der Waals surface area contributed by atoms with E-state index in [1.54, 1.807) is 0 Å². The Bertz CT molecular complexity index is 2370. The van der Waals surface area contributed by atoms with E-state index < -0.39 is 17.6 Å². The molecule has 0 amide bonds. The number of rotatable bonds is 2. The van der Waals surface area contributed by atoms with Crippen LogP contribution in [0.3, 0.4) is 0 Å². The van der Waals surface area contributed by atoms with Crippen LogP contribution in [0.5, 0.6) is 0 Å². The molecule has 0 radical (unpaired) electrons. The second-order valence-electron chi connectivity index (χ2n) is 17.7. The molecule has 4 saturated heterocycles. The fourth-order valence-corrected chi connectivity index (χ4v) is 13.2. The van der Waals surface area contributed by atoms with Gasteiger partial charge in [0.25, 0.3) is 0 Å². The van der Waals surface area contributed by atoms with Gasteiger partial charge in [0, 0.05) is 0 Å². The predicted molar refractivity (Wildman–Crippen MR) is 205 cm³/mol. The molecule has 4 fully saturated rings. The Hall–Kier alpha value is -4.81. The molecule has 8 heterocycles. The average molecular weight is 910 g/mol. The van der Waals surface area contributed by atoms with Crippen LogP contribution in [0.15, 0.2) is 96.3 Å². The van der Waals surface area contributed by atoms with E-state index in [0.29, 0.717) is 26.4 Å². The van der Waals surface area contributed by atoms with Crippen molar-refractivity contribution in [2.45, 2.75) is 76.5 Å². The summed E-state index contributed by atoms with van der Waals surface area (Å²) in [6.07, 6.45) is 0. The van der Waals surface area contributed by atoms with Crippen molar-refractivity contribution in [2.24, 2.45) is 0 Å². The molecule has 4 aromatic rings. The van der Waals surface area contributed by atoms with E-state index in [1.807, 2.05) is 0 Å². The number of nitrogens with zero attached hydrogens (tertiary/aromatic N) is 4. The molecule has 0 aliphatic carbocycles. The van der Waals surface area contributed by atoms with Gasteiger partial charge in [0.2, 0.25) is 0 Å². The van der Waals surface area contributed by atoms with Crippen LogP contribution >= 0.6 is 0 Å². The van der Waals surface area contributed by atoms with Crippen LogP contribution in [0.4, 0.5) is 0 Å². The van der Waals surface area contributed by atoms with Crippen LogP contribution in [0.2, 0.25) is 0 Å². The normalized spacial score (nSPS) is 25.3. The number of benzene rings is 4. The summed E-state index contributed by atoms with van der Waals surface area (Å²) in [6.45, 7) is 15.8. The van der Waals surface area contributed by atoms with Crippen LogP contribution in [-0.4, -0.2) is 54.3 Å². The molecule has 282 valence electrons. The van der Waals surface area contributed by atoms with E-state index in [0.717, 1.165) is 45.8 Å². The van der Waals surface area contributed by atoms with Crippen LogP contribution in [0.1, 0.15) is 99.1 Å². The van der Waals surface area contributed by atoms with Gasteiger partial charge in [0.15, 0.2) is 0 Å². The van der Waals surface area contributed by atoms with E-state index in [2.05, 4.69) is 146 Å². The first-order chi connectivity index (χ1) is 26.5. The molecule has 4 aromatic carbocycles. The zero-order chi connectivity index (χ0) is 37.1.